The van der Waals surface area contributed by atoms with E-state index in [-0.39, 0.29) is 5.91 Å². The van der Waals surface area contributed by atoms with Gasteiger partial charge < -0.3 is 10.6 Å². The lowest BCUT2D eigenvalue weighted by molar-refractivity contribution is -0.121. The molecule has 0 aromatic carbocycles. The van der Waals surface area contributed by atoms with Crippen LogP contribution in [0.3, 0.4) is 0 Å². The highest BCUT2D eigenvalue weighted by atomic mass is 16.1. The van der Waals surface area contributed by atoms with Crippen LogP contribution in [0.5, 0.6) is 0 Å². The standard InChI is InChI=1S/C16H30N2O/c1-16(2)10-3-5-13(9-11-16)17-12-4-6-15(19)18-14-7-8-14/h13-14,17H,3-12H2,1-2H3,(H,18,19). The third-order valence-corrected chi connectivity index (χ3v) is 4.53. The van der Waals surface area contributed by atoms with Crippen molar-refractivity contribution in [2.75, 3.05) is 6.54 Å². The smallest absolute Gasteiger partial charge is 0.220 e. The van der Waals surface area contributed by atoms with Crippen LogP contribution in [0.15, 0.2) is 0 Å². The van der Waals surface area contributed by atoms with Gasteiger partial charge in [0.25, 0.3) is 0 Å². The molecule has 0 heterocycles. The third-order valence-electron chi connectivity index (χ3n) is 4.53. The summed E-state index contributed by atoms with van der Waals surface area (Å²) in [6, 6.07) is 1.18. The molecule has 2 saturated carbocycles. The molecule has 2 aliphatic rings. The van der Waals surface area contributed by atoms with Crippen molar-refractivity contribution in [3.63, 3.8) is 0 Å². The van der Waals surface area contributed by atoms with Crippen molar-refractivity contribution in [3.05, 3.63) is 0 Å². The van der Waals surface area contributed by atoms with E-state index in [9.17, 15) is 4.79 Å². The minimum absolute atomic E-state index is 0.242. The monoisotopic (exact) mass is 266 g/mol. The van der Waals surface area contributed by atoms with Gasteiger partial charge in [-0.15, -0.1) is 0 Å². The lowest BCUT2D eigenvalue weighted by Crippen LogP contribution is -2.31. The fourth-order valence-corrected chi connectivity index (χ4v) is 2.95. The van der Waals surface area contributed by atoms with Crippen LogP contribution in [-0.4, -0.2) is 24.5 Å². The Kier molecular flexibility index (Phi) is 5.26. The lowest BCUT2D eigenvalue weighted by Gasteiger charge is -2.22. The molecule has 3 nitrogen and oxygen atoms in total. The summed E-state index contributed by atoms with van der Waals surface area (Å²) in [6.07, 6.45) is 10.6. The first kappa shape index (κ1) is 14.8. The molecule has 0 spiro atoms. The predicted molar refractivity (Wildman–Crippen MR) is 79.1 cm³/mol. The Morgan fingerprint density at radius 1 is 1.11 bits per heavy atom. The first-order chi connectivity index (χ1) is 9.05. The van der Waals surface area contributed by atoms with Gasteiger partial charge in [-0.3, -0.25) is 4.79 Å². The Balaban J connectivity index is 1.53. The third kappa shape index (κ3) is 5.94. The highest BCUT2D eigenvalue weighted by Gasteiger charge is 2.24. The lowest BCUT2D eigenvalue weighted by atomic mass is 9.85. The van der Waals surface area contributed by atoms with Gasteiger partial charge in [-0.25, -0.2) is 0 Å². The molecule has 2 N–H and O–H groups in total. The van der Waals surface area contributed by atoms with Crippen LogP contribution >= 0.6 is 0 Å². The van der Waals surface area contributed by atoms with E-state index < -0.39 is 0 Å². The summed E-state index contributed by atoms with van der Waals surface area (Å²) in [4.78, 5) is 11.5. The normalized spacial score (nSPS) is 26.7. The summed E-state index contributed by atoms with van der Waals surface area (Å²) < 4.78 is 0. The van der Waals surface area contributed by atoms with Crippen LogP contribution in [0.4, 0.5) is 0 Å². The molecule has 110 valence electrons. The highest BCUT2D eigenvalue weighted by molar-refractivity contribution is 5.76. The van der Waals surface area contributed by atoms with Gasteiger partial charge in [-0.1, -0.05) is 20.3 Å². The topological polar surface area (TPSA) is 41.1 Å². The number of carbonyl (C=O) groups is 1. The fourth-order valence-electron chi connectivity index (χ4n) is 2.95. The second-order valence-corrected chi connectivity index (χ2v) is 7.19. The Morgan fingerprint density at radius 3 is 2.63 bits per heavy atom. The van der Waals surface area contributed by atoms with Gasteiger partial charge in [0.05, 0.1) is 0 Å². The minimum atomic E-state index is 0.242. The molecule has 0 aromatic heterocycles. The molecule has 19 heavy (non-hydrogen) atoms. The van der Waals surface area contributed by atoms with Crippen LogP contribution < -0.4 is 10.6 Å². The zero-order valence-corrected chi connectivity index (χ0v) is 12.6. The molecule has 2 fully saturated rings. The second kappa shape index (κ2) is 6.74. The second-order valence-electron chi connectivity index (χ2n) is 7.19. The molecule has 0 radical (unpaired) electrons. The number of rotatable bonds is 6. The molecule has 0 aliphatic heterocycles. The van der Waals surface area contributed by atoms with Gasteiger partial charge in [0, 0.05) is 18.5 Å². The first-order valence-electron chi connectivity index (χ1n) is 8.08. The van der Waals surface area contributed by atoms with E-state index in [1.54, 1.807) is 0 Å². The number of nitrogens with one attached hydrogen (secondary N) is 2. The van der Waals surface area contributed by atoms with Crippen molar-refractivity contribution < 1.29 is 4.79 Å². The summed E-state index contributed by atoms with van der Waals surface area (Å²) in [5.41, 5.74) is 0.528. The largest absolute Gasteiger partial charge is 0.353 e. The van der Waals surface area contributed by atoms with Gasteiger partial charge in [-0.2, -0.15) is 0 Å². The first-order valence-corrected chi connectivity index (χ1v) is 8.08. The van der Waals surface area contributed by atoms with E-state index in [0.29, 0.717) is 23.9 Å². The van der Waals surface area contributed by atoms with Crippen molar-refractivity contribution in [3.8, 4) is 0 Å². The molecule has 1 amide bonds. The zero-order valence-electron chi connectivity index (χ0n) is 12.6. The Morgan fingerprint density at radius 2 is 1.89 bits per heavy atom. The SMILES string of the molecule is CC1(C)CCCC(NCCCC(=O)NC2CC2)CC1. The van der Waals surface area contributed by atoms with Gasteiger partial charge >= 0.3 is 0 Å². The average molecular weight is 266 g/mol. The molecule has 2 rings (SSSR count). The number of amides is 1. The Bertz CT molecular complexity index is 297. The predicted octanol–water partition coefficient (Wildman–Crippen LogP) is 2.99. The minimum Gasteiger partial charge on any atom is -0.353 e. The molecule has 3 heteroatoms. The van der Waals surface area contributed by atoms with Crippen molar-refractivity contribution >= 4 is 5.91 Å². The molecular formula is C16H30N2O. The highest BCUT2D eigenvalue weighted by Crippen LogP contribution is 2.33. The van der Waals surface area contributed by atoms with Crippen molar-refractivity contribution in [1.29, 1.82) is 0 Å². The summed E-state index contributed by atoms with van der Waals surface area (Å²) in [5, 5.41) is 6.69. The van der Waals surface area contributed by atoms with E-state index >= 15 is 0 Å². The molecule has 1 unspecified atom stereocenters. The summed E-state index contributed by atoms with van der Waals surface area (Å²) >= 11 is 0. The van der Waals surface area contributed by atoms with Crippen LogP contribution in [0, 0.1) is 5.41 Å². The van der Waals surface area contributed by atoms with E-state index in [0.717, 1.165) is 13.0 Å². The zero-order chi connectivity index (χ0) is 13.7. The van der Waals surface area contributed by atoms with Gasteiger partial charge in [0.1, 0.15) is 0 Å². The number of hydrogen-bond donors (Lipinski definition) is 2. The summed E-state index contributed by atoms with van der Waals surface area (Å²) in [7, 11) is 0. The summed E-state index contributed by atoms with van der Waals surface area (Å²) in [6.45, 7) is 5.76. The van der Waals surface area contributed by atoms with Gasteiger partial charge in [0.15, 0.2) is 0 Å². The quantitative estimate of drug-likeness (QED) is 0.573. The van der Waals surface area contributed by atoms with Gasteiger partial charge in [0.2, 0.25) is 5.91 Å². The maximum absolute atomic E-state index is 11.5. The molecule has 0 saturated heterocycles. The number of hydrogen-bond acceptors (Lipinski definition) is 2. The van der Waals surface area contributed by atoms with Crippen LogP contribution in [-0.2, 0) is 4.79 Å². The van der Waals surface area contributed by atoms with E-state index in [1.165, 1.54) is 44.9 Å². The Labute approximate surface area is 117 Å². The van der Waals surface area contributed by atoms with Crippen molar-refractivity contribution in [2.24, 2.45) is 5.41 Å². The fraction of sp³-hybridized carbons (Fsp3) is 0.938. The molecular weight excluding hydrogens is 236 g/mol. The van der Waals surface area contributed by atoms with Crippen LogP contribution in [0.25, 0.3) is 0 Å². The average Bonchev–Trinajstić information content (AvgIpc) is 3.14. The Hall–Kier alpha value is -0.570. The van der Waals surface area contributed by atoms with E-state index in [1.807, 2.05) is 0 Å². The molecule has 1 atom stereocenters. The van der Waals surface area contributed by atoms with E-state index in [2.05, 4.69) is 24.5 Å². The summed E-state index contributed by atoms with van der Waals surface area (Å²) in [5.74, 6) is 0.242. The van der Waals surface area contributed by atoms with E-state index in [4.69, 9.17) is 0 Å². The van der Waals surface area contributed by atoms with Crippen molar-refractivity contribution in [1.82, 2.24) is 10.6 Å². The van der Waals surface area contributed by atoms with Crippen LogP contribution in [0.1, 0.15) is 71.6 Å². The molecule has 2 aliphatic carbocycles. The molecule has 0 bridgehead atoms. The van der Waals surface area contributed by atoms with Gasteiger partial charge in [-0.05, 0) is 56.9 Å². The number of carbonyl (C=O) groups excluding carboxylic acids is 1. The molecule has 0 aromatic rings. The maximum atomic E-state index is 11.5. The van der Waals surface area contributed by atoms with Crippen LogP contribution in [0.2, 0.25) is 0 Å². The maximum Gasteiger partial charge on any atom is 0.220 e. The van der Waals surface area contributed by atoms with Crippen molar-refractivity contribution in [2.45, 2.75) is 83.7 Å².